The molecule has 7 nitrogen and oxygen atoms in total. The summed E-state index contributed by atoms with van der Waals surface area (Å²) in [6.07, 6.45) is 6.14. The lowest BCUT2D eigenvalue weighted by Gasteiger charge is -2.23. The van der Waals surface area contributed by atoms with E-state index in [-0.39, 0.29) is 23.9 Å². The number of urea groups is 1. The fourth-order valence-corrected chi connectivity index (χ4v) is 6.20. The number of nitrogens with zero attached hydrogens (tertiary/aromatic N) is 3. The monoisotopic (exact) mass is 426 g/mol. The molecule has 1 aromatic carbocycles. The average Bonchev–Trinajstić information content (AvgIpc) is 3.51. The molecule has 1 aromatic heterocycles. The number of benzene rings is 1. The van der Waals surface area contributed by atoms with Crippen molar-refractivity contribution in [3.05, 3.63) is 29.3 Å². The van der Waals surface area contributed by atoms with Crippen molar-refractivity contribution in [3.63, 3.8) is 0 Å². The highest BCUT2D eigenvalue weighted by Gasteiger charge is 2.52. The summed E-state index contributed by atoms with van der Waals surface area (Å²) in [5.41, 5.74) is 0.310. The third kappa shape index (κ3) is 3.27. The Morgan fingerprint density at radius 3 is 2.80 bits per heavy atom. The van der Waals surface area contributed by atoms with Gasteiger partial charge in [-0.05, 0) is 44.2 Å². The number of nitrogens with one attached hydrogen (secondary N) is 1. The van der Waals surface area contributed by atoms with Crippen molar-refractivity contribution in [1.82, 2.24) is 20.1 Å². The molecule has 158 valence electrons. The predicted octanol–water partition coefficient (Wildman–Crippen LogP) is 3.60. The normalized spacial score (nSPS) is 23.1. The summed E-state index contributed by atoms with van der Waals surface area (Å²) in [6.45, 7) is 1.05. The number of para-hydroxylation sites is 1. The van der Waals surface area contributed by atoms with Crippen molar-refractivity contribution in [2.75, 3.05) is 13.1 Å². The Kier molecular flexibility index (Phi) is 4.97. The molecule has 2 aromatic rings. The number of hydrogen-bond donors (Lipinski definition) is 1. The van der Waals surface area contributed by atoms with Gasteiger partial charge in [-0.2, -0.15) is 0 Å². The quantitative estimate of drug-likeness (QED) is 0.741. The van der Waals surface area contributed by atoms with E-state index in [1.807, 2.05) is 23.1 Å². The number of likely N-dealkylation sites (tertiary alicyclic amines) is 1. The molecular formula is C22H26N4O3S. The first-order valence-electron chi connectivity index (χ1n) is 10.9. The van der Waals surface area contributed by atoms with E-state index in [9.17, 15) is 14.4 Å². The van der Waals surface area contributed by atoms with Crippen LogP contribution in [-0.2, 0) is 9.59 Å². The van der Waals surface area contributed by atoms with Crippen LogP contribution in [0.25, 0.3) is 10.2 Å². The molecule has 1 aliphatic carbocycles. The predicted molar refractivity (Wildman–Crippen MR) is 114 cm³/mol. The van der Waals surface area contributed by atoms with Gasteiger partial charge in [-0.15, -0.1) is 11.3 Å². The van der Waals surface area contributed by atoms with Crippen LogP contribution in [0.4, 0.5) is 4.79 Å². The van der Waals surface area contributed by atoms with Crippen LogP contribution < -0.4 is 5.32 Å². The Bertz CT molecular complexity index is 964. The van der Waals surface area contributed by atoms with E-state index in [0.29, 0.717) is 19.4 Å². The van der Waals surface area contributed by atoms with Crippen LogP contribution in [0, 0.1) is 0 Å². The SMILES string of the molecule is O=C1NC2(CCCC2)C(=O)N1CCCC(=O)N1CCCC1c1nc2ccccc2s1. The van der Waals surface area contributed by atoms with Gasteiger partial charge >= 0.3 is 6.03 Å². The standard InChI is InChI=1S/C22H26N4O3S/c27-18(10-6-14-26-20(28)22(24-21(26)29)11-3-4-12-22)25-13-5-8-16(25)19-23-15-7-1-2-9-17(15)30-19/h1-2,7,9,16H,3-6,8,10-14H2,(H,24,29). The zero-order chi connectivity index (χ0) is 20.7. The Balaban J connectivity index is 1.20. The number of thiazole rings is 1. The van der Waals surface area contributed by atoms with Crippen molar-refractivity contribution >= 4 is 39.4 Å². The highest BCUT2D eigenvalue weighted by atomic mass is 32.1. The molecule has 1 saturated carbocycles. The Hall–Kier alpha value is -2.48. The van der Waals surface area contributed by atoms with E-state index < -0.39 is 5.54 Å². The van der Waals surface area contributed by atoms with Crippen LogP contribution >= 0.6 is 11.3 Å². The molecule has 30 heavy (non-hydrogen) atoms. The van der Waals surface area contributed by atoms with E-state index in [4.69, 9.17) is 4.98 Å². The number of amides is 4. The van der Waals surface area contributed by atoms with Crippen molar-refractivity contribution in [2.24, 2.45) is 0 Å². The largest absolute Gasteiger partial charge is 0.333 e. The molecule has 1 unspecified atom stereocenters. The second kappa shape index (κ2) is 7.65. The molecular weight excluding hydrogens is 400 g/mol. The van der Waals surface area contributed by atoms with Crippen LogP contribution in [0.15, 0.2) is 24.3 Å². The maximum Gasteiger partial charge on any atom is 0.325 e. The molecule has 1 atom stereocenters. The van der Waals surface area contributed by atoms with Crippen molar-refractivity contribution < 1.29 is 14.4 Å². The van der Waals surface area contributed by atoms with Crippen molar-refractivity contribution in [3.8, 4) is 0 Å². The average molecular weight is 427 g/mol. The molecule has 1 N–H and O–H groups in total. The lowest BCUT2D eigenvalue weighted by Crippen LogP contribution is -2.44. The van der Waals surface area contributed by atoms with Gasteiger partial charge < -0.3 is 10.2 Å². The van der Waals surface area contributed by atoms with E-state index >= 15 is 0 Å². The zero-order valence-corrected chi connectivity index (χ0v) is 17.7. The molecule has 0 bridgehead atoms. The van der Waals surface area contributed by atoms with Gasteiger partial charge in [0.25, 0.3) is 5.91 Å². The summed E-state index contributed by atoms with van der Waals surface area (Å²) >= 11 is 1.66. The number of carbonyl (C=O) groups is 3. The second-order valence-corrected chi connectivity index (χ2v) is 9.61. The van der Waals surface area contributed by atoms with Crippen molar-refractivity contribution in [1.29, 1.82) is 0 Å². The third-order valence-corrected chi connectivity index (χ3v) is 7.78. The van der Waals surface area contributed by atoms with Crippen LogP contribution in [0.2, 0.25) is 0 Å². The van der Waals surface area contributed by atoms with Crippen LogP contribution in [0.1, 0.15) is 62.4 Å². The minimum atomic E-state index is -0.673. The highest BCUT2D eigenvalue weighted by Crippen LogP contribution is 2.37. The molecule has 1 spiro atoms. The molecule has 3 heterocycles. The van der Waals surface area contributed by atoms with E-state index in [1.54, 1.807) is 11.3 Å². The van der Waals surface area contributed by atoms with Gasteiger partial charge in [-0.25, -0.2) is 9.78 Å². The van der Waals surface area contributed by atoms with Gasteiger partial charge in [0.1, 0.15) is 10.5 Å². The molecule has 4 amide bonds. The number of carbonyl (C=O) groups excluding carboxylic acids is 3. The minimum absolute atomic E-state index is 0.0355. The number of fused-ring (bicyclic) bond motifs is 1. The van der Waals surface area contributed by atoms with E-state index in [0.717, 1.165) is 60.3 Å². The maximum atomic E-state index is 12.9. The summed E-state index contributed by atoms with van der Waals surface area (Å²) in [5.74, 6) is -0.0228. The van der Waals surface area contributed by atoms with E-state index in [1.165, 1.54) is 4.90 Å². The zero-order valence-electron chi connectivity index (χ0n) is 16.9. The molecule has 2 aliphatic heterocycles. The molecule has 3 fully saturated rings. The smallest absolute Gasteiger partial charge is 0.325 e. The van der Waals surface area contributed by atoms with Crippen LogP contribution in [0.5, 0.6) is 0 Å². The summed E-state index contributed by atoms with van der Waals surface area (Å²) in [7, 11) is 0. The summed E-state index contributed by atoms with van der Waals surface area (Å²) in [6, 6.07) is 7.79. The molecule has 2 saturated heterocycles. The van der Waals surface area contributed by atoms with Gasteiger partial charge in [0.05, 0.1) is 16.3 Å². The number of rotatable bonds is 5. The summed E-state index contributed by atoms with van der Waals surface area (Å²) in [5, 5.41) is 3.90. The first-order valence-corrected chi connectivity index (χ1v) is 11.7. The first-order chi connectivity index (χ1) is 14.6. The Morgan fingerprint density at radius 1 is 1.20 bits per heavy atom. The second-order valence-electron chi connectivity index (χ2n) is 8.54. The maximum absolute atomic E-state index is 12.9. The van der Waals surface area contributed by atoms with Crippen LogP contribution in [-0.4, -0.2) is 51.3 Å². The fraction of sp³-hybridized carbons (Fsp3) is 0.545. The van der Waals surface area contributed by atoms with Crippen molar-refractivity contribution in [2.45, 2.75) is 62.9 Å². The van der Waals surface area contributed by atoms with Gasteiger partial charge in [0, 0.05) is 19.5 Å². The Morgan fingerprint density at radius 2 is 2.00 bits per heavy atom. The summed E-state index contributed by atoms with van der Waals surface area (Å²) < 4.78 is 1.14. The van der Waals surface area contributed by atoms with E-state index in [2.05, 4.69) is 11.4 Å². The molecule has 3 aliphatic rings. The minimum Gasteiger partial charge on any atom is -0.333 e. The lowest BCUT2D eigenvalue weighted by molar-refractivity contribution is -0.134. The van der Waals surface area contributed by atoms with Gasteiger partial charge in [0.2, 0.25) is 5.91 Å². The topological polar surface area (TPSA) is 82.6 Å². The number of hydrogen-bond acceptors (Lipinski definition) is 5. The molecule has 5 rings (SSSR count). The Labute approximate surface area is 179 Å². The molecule has 8 heteroatoms. The van der Waals surface area contributed by atoms with Gasteiger partial charge in [0.15, 0.2) is 0 Å². The number of aromatic nitrogens is 1. The fourth-order valence-electron chi connectivity index (χ4n) is 5.08. The molecule has 0 radical (unpaired) electrons. The number of imide groups is 1. The first kappa shape index (κ1) is 19.5. The highest BCUT2D eigenvalue weighted by molar-refractivity contribution is 7.18. The summed E-state index contributed by atoms with van der Waals surface area (Å²) in [4.78, 5) is 46.0. The van der Waals surface area contributed by atoms with Gasteiger partial charge in [-0.1, -0.05) is 25.0 Å². The van der Waals surface area contributed by atoms with Gasteiger partial charge in [-0.3, -0.25) is 14.5 Å². The van der Waals surface area contributed by atoms with Crippen LogP contribution in [0.3, 0.4) is 0 Å². The third-order valence-electron chi connectivity index (χ3n) is 6.64. The lowest BCUT2D eigenvalue weighted by atomic mass is 9.98.